The maximum absolute atomic E-state index is 5.62. The average Bonchev–Trinajstić information content (AvgIpc) is 2.38. The molecular formula is C10H17N3. The Morgan fingerprint density at radius 1 is 1.46 bits per heavy atom. The monoisotopic (exact) mass is 179 g/mol. The lowest BCUT2D eigenvalue weighted by Crippen LogP contribution is -2.02. The molecule has 0 aliphatic heterocycles. The van der Waals surface area contributed by atoms with Crippen LogP contribution in [0, 0.1) is 13.8 Å². The molecule has 0 aliphatic carbocycles. The van der Waals surface area contributed by atoms with Crippen LogP contribution < -0.4 is 5.73 Å². The molecule has 0 spiro atoms. The molecule has 0 fully saturated rings. The third-order valence-electron chi connectivity index (χ3n) is 2.25. The molecule has 1 aromatic heterocycles. The molecule has 72 valence electrons. The Labute approximate surface area is 79.2 Å². The molecule has 0 unspecified atom stereocenters. The predicted octanol–water partition coefficient (Wildman–Crippen LogP) is 1.53. The van der Waals surface area contributed by atoms with Gasteiger partial charge in [-0.2, -0.15) is 5.10 Å². The summed E-state index contributed by atoms with van der Waals surface area (Å²) >= 11 is 0. The zero-order valence-corrected chi connectivity index (χ0v) is 8.54. The molecule has 13 heavy (non-hydrogen) atoms. The summed E-state index contributed by atoms with van der Waals surface area (Å²) in [6.07, 6.45) is 4.11. The Morgan fingerprint density at radius 2 is 2.15 bits per heavy atom. The summed E-state index contributed by atoms with van der Waals surface area (Å²) < 4.78 is 1.98. The van der Waals surface area contributed by atoms with E-state index in [0.717, 1.165) is 12.2 Å². The van der Waals surface area contributed by atoms with Gasteiger partial charge >= 0.3 is 0 Å². The minimum atomic E-state index is 0.577. The summed E-state index contributed by atoms with van der Waals surface area (Å²) in [7, 11) is 0. The number of aromatic nitrogens is 2. The average molecular weight is 179 g/mol. The second-order valence-corrected chi connectivity index (χ2v) is 3.10. The number of aryl methyl sites for hydroxylation is 1. The highest BCUT2D eigenvalue weighted by atomic mass is 15.3. The molecule has 0 aromatic carbocycles. The molecular weight excluding hydrogens is 162 g/mol. The van der Waals surface area contributed by atoms with Crippen LogP contribution in [0.2, 0.25) is 0 Å². The zero-order valence-electron chi connectivity index (χ0n) is 8.54. The molecule has 1 rings (SSSR count). The van der Waals surface area contributed by atoms with Gasteiger partial charge in [-0.3, -0.25) is 4.68 Å². The van der Waals surface area contributed by atoms with Crippen molar-refractivity contribution in [1.82, 2.24) is 9.78 Å². The molecule has 1 heterocycles. The topological polar surface area (TPSA) is 43.8 Å². The Balaban J connectivity index is 2.96. The van der Waals surface area contributed by atoms with Gasteiger partial charge in [0.05, 0.1) is 12.2 Å². The summed E-state index contributed by atoms with van der Waals surface area (Å²) in [6.45, 7) is 7.49. The molecule has 0 bridgehead atoms. The van der Waals surface area contributed by atoms with Crippen molar-refractivity contribution in [3.63, 3.8) is 0 Å². The van der Waals surface area contributed by atoms with E-state index in [2.05, 4.69) is 18.1 Å². The van der Waals surface area contributed by atoms with Gasteiger partial charge in [0.1, 0.15) is 0 Å². The third kappa shape index (κ3) is 1.98. The number of allylic oxidation sites excluding steroid dienone is 2. The Hall–Kier alpha value is -1.09. The van der Waals surface area contributed by atoms with Crippen molar-refractivity contribution in [3.05, 3.63) is 29.1 Å². The third-order valence-corrected chi connectivity index (χ3v) is 2.25. The summed E-state index contributed by atoms with van der Waals surface area (Å²) in [4.78, 5) is 0. The first kappa shape index (κ1) is 9.99. The van der Waals surface area contributed by atoms with Crippen LogP contribution in [0.1, 0.15) is 23.9 Å². The summed E-state index contributed by atoms with van der Waals surface area (Å²) in [5.41, 5.74) is 9.02. The predicted molar refractivity (Wildman–Crippen MR) is 54.4 cm³/mol. The number of rotatable bonds is 3. The Kier molecular flexibility index (Phi) is 3.25. The first-order valence-electron chi connectivity index (χ1n) is 4.54. The van der Waals surface area contributed by atoms with E-state index < -0.39 is 0 Å². The lowest BCUT2D eigenvalue weighted by atomic mass is 10.2. The second kappa shape index (κ2) is 4.23. The van der Waals surface area contributed by atoms with E-state index in [1.54, 1.807) is 0 Å². The van der Waals surface area contributed by atoms with Gasteiger partial charge in [-0.1, -0.05) is 12.2 Å². The fraction of sp³-hybridized carbons (Fsp3) is 0.500. The normalized spacial score (nSPS) is 11.4. The maximum atomic E-state index is 5.62. The van der Waals surface area contributed by atoms with Crippen molar-refractivity contribution >= 4 is 0 Å². The van der Waals surface area contributed by atoms with Crippen molar-refractivity contribution in [2.24, 2.45) is 5.73 Å². The molecule has 0 amide bonds. The van der Waals surface area contributed by atoms with Gasteiger partial charge in [0.25, 0.3) is 0 Å². The van der Waals surface area contributed by atoms with E-state index in [9.17, 15) is 0 Å². The fourth-order valence-corrected chi connectivity index (χ4v) is 1.41. The second-order valence-electron chi connectivity index (χ2n) is 3.10. The van der Waals surface area contributed by atoms with Gasteiger partial charge in [-0.25, -0.2) is 0 Å². The molecule has 3 heteroatoms. The lowest BCUT2D eigenvalue weighted by molar-refractivity contribution is 0.670. The summed E-state index contributed by atoms with van der Waals surface area (Å²) in [5, 5.41) is 4.40. The molecule has 0 aliphatic rings. The smallest absolute Gasteiger partial charge is 0.0641 e. The number of nitrogens with zero attached hydrogens (tertiary/aromatic N) is 2. The minimum absolute atomic E-state index is 0.577. The molecule has 0 saturated carbocycles. The van der Waals surface area contributed by atoms with E-state index in [0.29, 0.717) is 6.54 Å². The van der Waals surface area contributed by atoms with E-state index >= 15 is 0 Å². The van der Waals surface area contributed by atoms with Crippen LogP contribution in [0.25, 0.3) is 0 Å². The van der Waals surface area contributed by atoms with Crippen molar-refractivity contribution in [1.29, 1.82) is 0 Å². The van der Waals surface area contributed by atoms with Crippen LogP contribution >= 0.6 is 0 Å². The van der Waals surface area contributed by atoms with Crippen LogP contribution in [0.4, 0.5) is 0 Å². The van der Waals surface area contributed by atoms with Crippen molar-refractivity contribution < 1.29 is 0 Å². The van der Waals surface area contributed by atoms with Crippen LogP contribution in [0.15, 0.2) is 12.2 Å². The van der Waals surface area contributed by atoms with Gasteiger partial charge < -0.3 is 5.73 Å². The lowest BCUT2D eigenvalue weighted by Gasteiger charge is -2.00. The Morgan fingerprint density at radius 3 is 2.62 bits per heavy atom. The highest BCUT2D eigenvalue weighted by Crippen LogP contribution is 2.11. The summed E-state index contributed by atoms with van der Waals surface area (Å²) in [5.74, 6) is 0. The molecule has 0 radical (unpaired) electrons. The van der Waals surface area contributed by atoms with E-state index in [1.165, 1.54) is 11.3 Å². The van der Waals surface area contributed by atoms with Crippen LogP contribution in [0.3, 0.4) is 0 Å². The number of hydrogen-bond acceptors (Lipinski definition) is 2. The Bertz CT molecular complexity index is 310. The van der Waals surface area contributed by atoms with Crippen LogP contribution in [-0.2, 0) is 13.1 Å². The molecule has 2 N–H and O–H groups in total. The molecule has 0 atom stereocenters. The first-order valence-corrected chi connectivity index (χ1v) is 4.54. The van der Waals surface area contributed by atoms with Gasteiger partial charge in [0.15, 0.2) is 0 Å². The zero-order chi connectivity index (χ0) is 9.84. The van der Waals surface area contributed by atoms with Gasteiger partial charge in [-0.15, -0.1) is 0 Å². The van der Waals surface area contributed by atoms with Gasteiger partial charge in [-0.05, 0) is 20.8 Å². The van der Waals surface area contributed by atoms with E-state index in [4.69, 9.17) is 5.73 Å². The fourth-order valence-electron chi connectivity index (χ4n) is 1.41. The molecule has 1 aromatic rings. The van der Waals surface area contributed by atoms with Crippen molar-refractivity contribution in [3.8, 4) is 0 Å². The van der Waals surface area contributed by atoms with Crippen molar-refractivity contribution in [2.45, 2.75) is 33.9 Å². The highest BCUT2D eigenvalue weighted by Gasteiger charge is 2.07. The minimum Gasteiger partial charge on any atom is -0.326 e. The van der Waals surface area contributed by atoms with E-state index in [1.807, 2.05) is 24.6 Å². The largest absolute Gasteiger partial charge is 0.326 e. The standard InChI is InChI=1S/C10H17N3/c1-4-5-6-13-9(3)10(7-11)8(2)12-13/h4-5H,6-7,11H2,1-3H3/b5-4+. The summed E-state index contributed by atoms with van der Waals surface area (Å²) in [6, 6.07) is 0. The number of nitrogens with two attached hydrogens (primary N) is 1. The molecule has 3 nitrogen and oxygen atoms in total. The van der Waals surface area contributed by atoms with Crippen molar-refractivity contribution in [2.75, 3.05) is 0 Å². The first-order chi connectivity index (χ1) is 6.20. The van der Waals surface area contributed by atoms with Crippen LogP contribution in [0.5, 0.6) is 0 Å². The SMILES string of the molecule is C/C=C/Cn1nc(C)c(CN)c1C. The number of hydrogen-bond donors (Lipinski definition) is 1. The van der Waals surface area contributed by atoms with Gasteiger partial charge in [0, 0.05) is 17.8 Å². The van der Waals surface area contributed by atoms with Gasteiger partial charge in [0.2, 0.25) is 0 Å². The quantitative estimate of drug-likeness (QED) is 0.715. The molecule has 0 saturated heterocycles. The maximum Gasteiger partial charge on any atom is 0.0641 e. The van der Waals surface area contributed by atoms with Crippen LogP contribution in [-0.4, -0.2) is 9.78 Å². The highest BCUT2D eigenvalue weighted by molar-refractivity contribution is 5.24. The van der Waals surface area contributed by atoms with E-state index in [-0.39, 0.29) is 0 Å².